The summed E-state index contributed by atoms with van der Waals surface area (Å²) in [6, 6.07) is 17.0. The summed E-state index contributed by atoms with van der Waals surface area (Å²) in [7, 11) is -1.62. The van der Waals surface area contributed by atoms with Crippen molar-refractivity contribution in [2.75, 3.05) is 0 Å². The average molecular weight is 309 g/mol. The van der Waals surface area contributed by atoms with Crippen LogP contribution in [0.3, 0.4) is 0 Å². The molecule has 0 saturated heterocycles. The molecule has 2 aromatic carbocycles. The first-order chi connectivity index (χ1) is 10.3. The SMILES string of the molecule is CC(C)(C)[Si](C)(C)c1ccccc1-c1nc2ccccc2[nH]1. The number of aromatic amines is 1. The van der Waals surface area contributed by atoms with E-state index in [0.29, 0.717) is 5.04 Å². The summed E-state index contributed by atoms with van der Waals surface area (Å²) in [5.74, 6) is 0.988. The summed E-state index contributed by atoms with van der Waals surface area (Å²) in [6.07, 6.45) is 0. The molecule has 0 atom stereocenters. The summed E-state index contributed by atoms with van der Waals surface area (Å²) in [4.78, 5) is 8.29. The molecular formula is C19H24N2Si. The molecule has 0 saturated carbocycles. The lowest BCUT2D eigenvalue weighted by molar-refractivity contribution is 0.729. The molecule has 114 valence electrons. The molecule has 0 radical (unpaired) electrons. The van der Waals surface area contributed by atoms with Crippen molar-refractivity contribution in [3.8, 4) is 11.4 Å². The van der Waals surface area contributed by atoms with Gasteiger partial charge in [-0.15, -0.1) is 0 Å². The van der Waals surface area contributed by atoms with Crippen LogP contribution < -0.4 is 5.19 Å². The topological polar surface area (TPSA) is 28.7 Å². The van der Waals surface area contributed by atoms with Crippen molar-refractivity contribution in [3.63, 3.8) is 0 Å². The molecule has 0 aliphatic heterocycles. The minimum absolute atomic E-state index is 0.301. The standard InChI is InChI=1S/C19H24N2Si/c1-19(2,3)22(4,5)17-13-9-6-10-14(17)18-20-15-11-7-8-12-16(15)21-18/h6-13H,1-5H3,(H,20,21). The number of fused-ring (bicyclic) bond motifs is 1. The van der Waals surface area contributed by atoms with E-state index in [1.807, 2.05) is 12.1 Å². The number of aromatic nitrogens is 2. The molecular weight excluding hydrogens is 284 g/mol. The average Bonchev–Trinajstić information content (AvgIpc) is 2.90. The minimum atomic E-state index is -1.62. The van der Waals surface area contributed by atoms with Crippen LogP contribution in [0.4, 0.5) is 0 Å². The molecule has 0 aliphatic carbocycles. The second-order valence-electron chi connectivity index (χ2n) is 7.52. The van der Waals surface area contributed by atoms with Crippen molar-refractivity contribution in [2.45, 2.75) is 38.9 Å². The summed E-state index contributed by atoms with van der Waals surface area (Å²) in [6.45, 7) is 12.0. The van der Waals surface area contributed by atoms with E-state index in [1.165, 1.54) is 10.8 Å². The van der Waals surface area contributed by atoms with E-state index < -0.39 is 8.07 Å². The van der Waals surface area contributed by atoms with Gasteiger partial charge >= 0.3 is 0 Å². The van der Waals surface area contributed by atoms with Crippen molar-refractivity contribution in [3.05, 3.63) is 48.5 Å². The minimum Gasteiger partial charge on any atom is -0.338 e. The van der Waals surface area contributed by atoms with E-state index in [0.717, 1.165) is 16.9 Å². The van der Waals surface area contributed by atoms with Crippen molar-refractivity contribution in [1.82, 2.24) is 9.97 Å². The maximum Gasteiger partial charge on any atom is 0.138 e. The van der Waals surface area contributed by atoms with Crippen LogP contribution in [0.2, 0.25) is 18.1 Å². The highest BCUT2D eigenvalue weighted by atomic mass is 28.3. The Morgan fingerprint density at radius 1 is 0.909 bits per heavy atom. The smallest absolute Gasteiger partial charge is 0.138 e. The summed E-state index contributed by atoms with van der Waals surface area (Å²) < 4.78 is 0. The third-order valence-electron chi connectivity index (χ3n) is 5.12. The Bertz CT molecular complexity index is 776. The van der Waals surface area contributed by atoms with Gasteiger partial charge in [0, 0.05) is 5.56 Å². The monoisotopic (exact) mass is 308 g/mol. The number of rotatable bonds is 2. The number of hydrogen-bond acceptors (Lipinski definition) is 1. The summed E-state index contributed by atoms with van der Waals surface area (Å²) >= 11 is 0. The van der Waals surface area contributed by atoms with E-state index in [2.05, 4.69) is 75.2 Å². The lowest BCUT2D eigenvalue weighted by Crippen LogP contribution is -2.50. The molecule has 0 fully saturated rings. The molecule has 2 nitrogen and oxygen atoms in total. The van der Waals surface area contributed by atoms with Gasteiger partial charge in [0.25, 0.3) is 0 Å². The fourth-order valence-electron chi connectivity index (χ4n) is 2.72. The fourth-order valence-corrected chi connectivity index (χ4v) is 4.91. The third kappa shape index (κ3) is 2.39. The van der Waals surface area contributed by atoms with Crippen LogP contribution in [0.15, 0.2) is 48.5 Å². The molecule has 1 N–H and O–H groups in total. The molecule has 22 heavy (non-hydrogen) atoms. The number of H-pyrrole nitrogens is 1. The summed E-state index contributed by atoms with van der Waals surface area (Å²) in [5.41, 5.74) is 3.38. The Hall–Kier alpha value is -1.87. The van der Waals surface area contributed by atoms with Crippen LogP contribution in [-0.4, -0.2) is 18.0 Å². The van der Waals surface area contributed by atoms with Crippen LogP contribution in [0.1, 0.15) is 20.8 Å². The van der Waals surface area contributed by atoms with Crippen LogP contribution in [0.25, 0.3) is 22.4 Å². The molecule has 3 aromatic rings. The zero-order chi connectivity index (χ0) is 16.0. The van der Waals surface area contributed by atoms with Gasteiger partial charge in [0.1, 0.15) is 5.82 Å². The Labute approximate surface area is 133 Å². The van der Waals surface area contributed by atoms with Gasteiger partial charge in [-0.05, 0) is 22.4 Å². The van der Waals surface area contributed by atoms with Crippen molar-refractivity contribution in [2.24, 2.45) is 0 Å². The quantitative estimate of drug-likeness (QED) is 0.667. The number of nitrogens with one attached hydrogen (secondary N) is 1. The Morgan fingerprint density at radius 3 is 2.23 bits per heavy atom. The van der Waals surface area contributed by atoms with E-state index in [9.17, 15) is 0 Å². The normalized spacial score (nSPS) is 12.8. The van der Waals surface area contributed by atoms with Crippen LogP contribution >= 0.6 is 0 Å². The molecule has 1 heterocycles. The predicted octanol–water partition coefficient (Wildman–Crippen LogP) is 4.95. The van der Waals surface area contributed by atoms with Gasteiger partial charge in [-0.3, -0.25) is 0 Å². The summed E-state index contributed by atoms with van der Waals surface area (Å²) in [5, 5.41) is 1.77. The maximum absolute atomic E-state index is 4.81. The molecule has 3 rings (SSSR count). The Balaban J connectivity index is 2.20. The molecule has 0 bridgehead atoms. The predicted molar refractivity (Wildman–Crippen MR) is 98.4 cm³/mol. The van der Waals surface area contributed by atoms with Crippen LogP contribution in [-0.2, 0) is 0 Å². The lowest BCUT2D eigenvalue weighted by atomic mass is 10.2. The third-order valence-corrected chi connectivity index (χ3v) is 10.7. The number of nitrogens with zero attached hydrogens (tertiary/aromatic N) is 1. The van der Waals surface area contributed by atoms with E-state index >= 15 is 0 Å². The number of benzene rings is 2. The number of para-hydroxylation sites is 2. The first-order valence-electron chi connectivity index (χ1n) is 7.85. The van der Waals surface area contributed by atoms with Gasteiger partial charge in [0.15, 0.2) is 0 Å². The maximum atomic E-state index is 4.81. The van der Waals surface area contributed by atoms with E-state index in [4.69, 9.17) is 4.98 Å². The van der Waals surface area contributed by atoms with E-state index in [-0.39, 0.29) is 0 Å². The van der Waals surface area contributed by atoms with Gasteiger partial charge in [-0.25, -0.2) is 4.98 Å². The van der Waals surface area contributed by atoms with Crippen LogP contribution in [0.5, 0.6) is 0 Å². The molecule has 0 amide bonds. The molecule has 3 heteroatoms. The highest BCUT2D eigenvalue weighted by Gasteiger charge is 2.38. The van der Waals surface area contributed by atoms with Crippen molar-refractivity contribution in [1.29, 1.82) is 0 Å². The van der Waals surface area contributed by atoms with Crippen molar-refractivity contribution < 1.29 is 0 Å². The first kappa shape index (κ1) is 15.0. The van der Waals surface area contributed by atoms with Gasteiger partial charge in [-0.2, -0.15) is 0 Å². The van der Waals surface area contributed by atoms with E-state index in [1.54, 1.807) is 0 Å². The largest absolute Gasteiger partial charge is 0.338 e. The zero-order valence-electron chi connectivity index (χ0n) is 14.1. The highest BCUT2D eigenvalue weighted by Crippen LogP contribution is 2.37. The van der Waals surface area contributed by atoms with Gasteiger partial charge in [0.2, 0.25) is 0 Å². The molecule has 1 aromatic heterocycles. The fraction of sp³-hybridized carbons (Fsp3) is 0.316. The molecule has 0 unspecified atom stereocenters. The Morgan fingerprint density at radius 2 is 1.55 bits per heavy atom. The lowest BCUT2D eigenvalue weighted by Gasteiger charge is -2.38. The highest BCUT2D eigenvalue weighted by molar-refractivity contribution is 6.93. The number of imidazole rings is 1. The van der Waals surface area contributed by atoms with Crippen LogP contribution in [0, 0.1) is 0 Å². The zero-order valence-corrected chi connectivity index (χ0v) is 15.1. The molecule has 0 aliphatic rings. The second-order valence-corrected chi connectivity index (χ2v) is 12.8. The number of hydrogen-bond donors (Lipinski definition) is 1. The second kappa shape index (κ2) is 5.09. The molecule has 0 spiro atoms. The van der Waals surface area contributed by atoms with Gasteiger partial charge in [0.05, 0.1) is 19.1 Å². The van der Waals surface area contributed by atoms with Crippen molar-refractivity contribution >= 4 is 24.3 Å². The Kier molecular flexibility index (Phi) is 3.48. The van der Waals surface area contributed by atoms with Gasteiger partial charge < -0.3 is 4.98 Å². The van der Waals surface area contributed by atoms with Gasteiger partial charge in [-0.1, -0.05) is 70.3 Å². The first-order valence-corrected chi connectivity index (χ1v) is 10.9.